The molecule has 3 heteroatoms. The molecule has 19 heavy (non-hydrogen) atoms. The molecule has 0 unspecified atom stereocenters. The Labute approximate surface area is 116 Å². The largest absolute Gasteiger partial charge is 0.463 e. The van der Waals surface area contributed by atoms with Crippen LogP contribution in [-0.2, 0) is 9.53 Å². The van der Waals surface area contributed by atoms with E-state index in [4.69, 9.17) is 4.74 Å². The van der Waals surface area contributed by atoms with Crippen molar-refractivity contribution in [3.63, 3.8) is 0 Å². The van der Waals surface area contributed by atoms with Crippen LogP contribution in [0.3, 0.4) is 0 Å². The molecule has 0 radical (unpaired) electrons. The number of carbonyl (C=O) groups excluding carboxylic acids is 1. The summed E-state index contributed by atoms with van der Waals surface area (Å²) in [5.74, 6) is 0.0362. The van der Waals surface area contributed by atoms with Crippen LogP contribution in [-0.4, -0.2) is 23.8 Å². The van der Waals surface area contributed by atoms with E-state index < -0.39 is 0 Å². The number of hydrogen-bond donors (Lipinski definition) is 1. The predicted octanol–water partition coefficient (Wildman–Crippen LogP) is 3.24. The van der Waals surface area contributed by atoms with Gasteiger partial charge in [0.25, 0.3) is 0 Å². The van der Waals surface area contributed by atoms with Gasteiger partial charge in [0.15, 0.2) is 0 Å². The lowest BCUT2D eigenvalue weighted by Crippen LogP contribution is -2.24. The molecule has 0 amide bonds. The van der Waals surface area contributed by atoms with E-state index in [-0.39, 0.29) is 17.5 Å². The molecule has 0 spiro atoms. The zero-order chi connectivity index (χ0) is 14.6. The SMILES string of the molecule is C=C1[C@H](O)CC[C@H]1C(C)(C)C/C(C)=C/C(=O)OCC. The molecule has 1 aliphatic rings. The highest BCUT2D eigenvalue weighted by molar-refractivity contribution is 5.82. The van der Waals surface area contributed by atoms with Crippen molar-refractivity contribution in [1.29, 1.82) is 0 Å². The second kappa shape index (κ2) is 6.38. The molecule has 2 atom stereocenters. The van der Waals surface area contributed by atoms with E-state index in [0.717, 1.165) is 30.4 Å². The van der Waals surface area contributed by atoms with Crippen LogP contribution in [0.1, 0.15) is 47.0 Å². The maximum Gasteiger partial charge on any atom is 0.330 e. The molecule has 3 nitrogen and oxygen atoms in total. The van der Waals surface area contributed by atoms with Gasteiger partial charge in [0.1, 0.15) is 0 Å². The first kappa shape index (κ1) is 16.0. The summed E-state index contributed by atoms with van der Waals surface area (Å²) >= 11 is 0. The first-order valence-electron chi connectivity index (χ1n) is 6.98. The van der Waals surface area contributed by atoms with Crippen molar-refractivity contribution in [1.82, 2.24) is 0 Å². The van der Waals surface area contributed by atoms with Gasteiger partial charge in [-0.25, -0.2) is 4.79 Å². The number of aliphatic hydroxyl groups is 1. The zero-order valence-corrected chi connectivity index (χ0v) is 12.5. The van der Waals surface area contributed by atoms with Gasteiger partial charge in [-0.05, 0) is 50.0 Å². The Bertz CT molecular complexity index is 379. The summed E-state index contributed by atoms with van der Waals surface area (Å²) in [4.78, 5) is 11.4. The van der Waals surface area contributed by atoms with E-state index in [9.17, 15) is 9.90 Å². The Kier molecular flexibility index (Phi) is 5.36. The lowest BCUT2D eigenvalue weighted by Gasteiger charge is -2.33. The third-order valence-electron chi connectivity index (χ3n) is 3.93. The molecule has 0 aromatic rings. The van der Waals surface area contributed by atoms with Crippen LogP contribution < -0.4 is 0 Å². The first-order chi connectivity index (χ1) is 8.77. The van der Waals surface area contributed by atoms with E-state index >= 15 is 0 Å². The summed E-state index contributed by atoms with van der Waals surface area (Å²) in [5.41, 5.74) is 1.95. The maximum atomic E-state index is 11.4. The van der Waals surface area contributed by atoms with Crippen LogP contribution in [0.4, 0.5) is 0 Å². The lowest BCUT2D eigenvalue weighted by molar-refractivity contribution is -0.137. The smallest absolute Gasteiger partial charge is 0.330 e. The fraction of sp³-hybridized carbons (Fsp3) is 0.688. The highest BCUT2D eigenvalue weighted by atomic mass is 16.5. The van der Waals surface area contributed by atoms with E-state index in [1.807, 2.05) is 6.92 Å². The minimum atomic E-state index is -0.362. The van der Waals surface area contributed by atoms with Gasteiger partial charge in [-0.2, -0.15) is 0 Å². The quantitative estimate of drug-likeness (QED) is 0.472. The molecule has 1 saturated carbocycles. The van der Waals surface area contributed by atoms with Crippen LogP contribution in [0.15, 0.2) is 23.8 Å². The van der Waals surface area contributed by atoms with E-state index in [2.05, 4.69) is 20.4 Å². The number of aliphatic hydroxyl groups excluding tert-OH is 1. The van der Waals surface area contributed by atoms with Gasteiger partial charge in [-0.15, -0.1) is 0 Å². The van der Waals surface area contributed by atoms with Gasteiger partial charge in [0, 0.05) is 6.08 Å². The summed E-state index contributed by atoms with van der Waals surface area (Å²) in [6.07, 6.45) is 3.79. The molecular formula is C16H26O3. The maximum absolute atomic E-state index is 11.4. The Hall–Kier alpha value is -1.09. The molecule has 0 aromatic heterocycles. The molecule has 0 saturated heterocycles. The number of ether oxygens (including phenoxy) is 1. The fourth-order valence-electron chi connectivity index (χ4n) is 3.10. The second-order valence-corrected chi connectivity index (χ2v) is 6.13. The minimum Gasteiger partial charge on any atom is -0.463 e. The van der Waals surface area contributed by atoms with Gasteiger partial charge in [-0.1, -0.05) is 26.0 Å². The van der Waals surface area contributed by atoms with Crippen LogP contribution in [0, 0.1) is 11.3 Å². The summed E-state index contributed by atoms with van der Waals surface area (Å²) in [6.45, 7) is 12.5. The summed E-state index contributed by atoms with van der Waals surface area (Å²) in [7, 11) is 0. The third-order valence-corrected chi connectivity index (χ3v) is 3.93. The lowest BCUT2D eigenvalue weighted by atomic mass is 9.72. The number of rotatable bonds is 5. The van der Waals surface area contributed by atoms with E-state index in [1.165, 1.54) is 0 Å². The van der Waals surface area contributed by atoms with Gasteiger partial charge < -0.3 is 9.84 Å². The van der Waals surface area contributed by atoms with Crippen LogP contribution in [0.25, 0.3) is 0 Å². The van der Waals surface area contributed by atoms with Crippen molar-refractivity contribution < 1.29 is 14.6 Å². The highest BCUT2D eigenvalue weighted by Gasteiger charge is 2.38. The first-order valence-corrected chi connectivity index (χ1v) is 6.98. The Morgan fingerprint density at radius 3 is 2.63 bits per heavy atom. The van der Waals surface area contributed by atoms with Crippen molar-refractivity contribution in [3.05, 3.63) is 23.8 Å². The molecule has 0 heterocycles. The average molecular weight is 266 g/mol. The van der Waals surface area contributed by atoms with E-state index in [0.29, 0.717) is 12.5 Å². The minimum absolute atomic E-state index is 0.00163. The molecular weight excluding hydrogens is 240 g/mol. The standard InChI is InChI=1S/C16H26O3/c1-6-19-15(18)9-11(2)10-16(4,5)13-7-8-14(17)12(13)3/h9,13-14,17H,3,6-8,10H2,1-2,4-5H3/b11-9+/t13-,14-/m1/s1. The molecule has 0 aliphatic heterocycles. The van der Waals surface area contributed by atoms with Crippen LogP contribution >= 0.6 is 0 Å². The summed E-state index contributed by atoms with van der Waals surface area (Å²) in [5, 5.41) is 9.79. The normalized spacial score (nSPS) is 24.7. The van der Waals surface area contributed by atoms with Crippen LogP contribution in [0.2, 0.25) is 0 Å². The van der Waals surface area contributed by atoms with Crippen LogP contribution in [0.5, 0.6) is 0 Å². The van der Waals surface area contributed by atoms with Gasteiger partial charge in [-0.3, -0.25) is 0 Å². The molecule has 108 valence electrons. The third kappa shape index (κ3) is 4.20. The van der Waals surface area contributed by atoms with Gasteiger partial charge in [0.05, 0.1) is 12.7 Å². The predicted molar refractivity (Wildman–Crippen MR) is 76.7 cm³/mol. The van der Waals surface area contributed by atoms with E-state index in [1.54, 1.807) is 13.0 Å². The Balaban J connectivity index is 2.69. The molecule has 1 aliphatic carbocycles. The van der Waals surface area contributed by atoms with Gasteiger partial charge in [0.2, 0.25) is 0 Å². The summed E-state index contributed by atoms with van der Waals surface area (Å²) in [6, 6.07) is 0. The number of esters is 1. The molecule has 0 bridgehead atoms. The highest BCUT2D eigenvalue weighted by Crippen LogP contribution is 2.45. The zero-order valence-electron chi connectivity index (χ0n) is 12.5. The molecule has 1 N–H and O–H groups in total. The average Bonchev–Trinajstić information content (AvgIpc) is 2.59. The van der Waals surface area contributed by atoms with Crippen molar-refractivity contribution in [2.75, 3.05) is 6.61 Å². The van der Waals surface area contributed by atoms with Gasteiger partial charge >= 0.3 is 5.97 Å². The number of hydrogen-bond acceptors (Lipinski definition) is 3. The number of carbonyl (C=O) groups is 1. The molecule has 1 rings (SSSR count). The Morgan fingerprint density at radius 1 is 1.53 bits per heavy atom. The monoisotopic (exact) mass is 266 g/mol. The second-order valence-electron chi connectivity index (χ2n) is 6.13. The topological polar surface area (TPSA) is 46.5 Å². The number of allylic oxidation sites excluding steroid dienone is 1. The van der Waals surface area contributed by atoms with Crippen molar-refractivity contribution in [2.45, 2.75) is 53.1 Å². The Morgan fingerprint density at radius 2 is 2.16 bits per heavy atom. The van der Waals surface area contributed by atoms with Crippen molar-refractivity contribution in [3.8, 4) is 0 Å². The van der Waals surface area contributed by atoms with Crippen molar-refractivity contribution in [2.24, 2.45) is 11.3 Å². The van der Waals surface area contributed by atoms with Crippen molar-refractivity contribution >= 4 is 5.97 Å². The molecule has 0 aromatic carbocycles. The fourth-order valence-corrected chi connectivity index (χ4v) is 3.10. The molecule has 1 fully saturated rings. The summed E-state index contributed by atoms with van der Waals surface area (Å²) < 4.78 is 4.92.